The van der Waals surface area contributed by atoms with E-state index < -0.39 is 0 Å². The molecule has 19 heavy (non-hydrogen) atoms. The van der Waals surface area contributed by atoms with Crippen molar-refractivity contribution in [1.29, 1.82) is 0 Å². The number of nitrogens with one attached hydrogen (secondary N) is 1. The lowest BCUT2D eigenvalue weighted by Gasteiger charge is -2.08. The molecule has 0 aromatic carbocycles. The molecule has 2 aromatic rings. The van der Waals surface area contributed by atoms with Gasteiger partial charge in [0.25, 0.3) is 5.91 Å². The third-order valence-corrected chi connectivity index (χ3v) is 5.23. The number of carbonyl (C=O) groups excluding carboxylic acids is 1. The van der Waals surface area contributed by atoms with Gasteiger partial charge in [-0.2, -0.15) is 0 Å². The maximum absolute atomic E-state index is 11.9. The summed E-state index contributed by atoms with van der Waals surface area (Å²) in [6.07, 6.45) is 0. The van der Waals surface area contributed by atoms with Crippen molar-refractivity contribution < 1.29 is 4.79 Å². The molecule has 1 amide bonds. The summed E-state index contributed by atoms with van der Waals surface area (Å²) in [6, 6.07) is 2.00. The van der Waals surface area contributed by atoms with E-state index in [0.717, 1.165) is 14.4 Å². The number of hydrogen-bond acceptors (Lipinski definition) is 5. The largest absolute Gasteiger partial charge is 0.350 e. The minimum Gasteiger partial charge on any atom is -0.350 e. The number of thiazole rings is 1. The number of rotatable bonds is 5. The van der Waals surface area contributed by atoms with Crippen LogP contribution in [-0.2, 0) is 0 Å². The highest BCUT2D eigenvalue weighted by Gasteiger charge is 2.13. The number of hydrogen-bond donors (Lipinski definition) is 2. The van der Waals surface area contributed by atoms with Gasteiger partial charge in [0.05, 0.1) is 4.88 Å². The van der Waals surface area contributed by atoms with Crippen LogP contribution in [0, 0.1) is 5.92 Å². The monoisotopic (exact) mass is 359 g/mol. The van der Waals surface area contributed by atoms with Gasteiger partial charge in [0.2, 0.25) is 0 Å². The Labute approximate surface area is 128 Å². The van der Waals surface area contributed by atoms with E-state index in [0.29, 0.717) is 18.8 Å². The Morgan fingerprint density at radius 2 is 2.32 bits per heavy atom. The quantitative estimate of drug-likeness (QED) is 0.862. The van der Waals surface area contributed by atoms with Crippen molar-refractivity contribution in [2.45, 2.75) is 6.92 Å². The number of nitrogens with zero attached hydrogens (tertiary/aromatic N) is 1. The highest BCUT2D eigenvalue weighted by molar-refractivity contribution is 9.10. The second kappa shape index (κ2) is 6.60. The first kappa shape index (κ1) is 14.6. The standard InChI is InChI=1S/C12H14BrN3OS2/c1-7(3-14)4-15-11(17)9-6-19-12(16-9)10-2-8(13)5-18-10/h2,5-7H,3-4,14H2,1H3,(H,15,17). The van der Waals surface area contributed by atoms with Crippen LogP contribution in [-0.4, -0.2) is 24.0 Å². The smallest absolute Gasteiger partial charge is 0.270 e. The minimum atomic E-state index is -0.140. The third-order valence-electron chi connectivity index (χ3n) is 2.53. The highest BCUT2D eigenvalue weighted by Crippen LogP contribution is 2.31. The van der Waals surface area contributed by atoms with Crippen molar-refractivity contribution >= 4 is 44.5 Å². The van der Waals surface area contributed by atoms with E-state index in [2.05, 4.69) is 26.2 Å². The first-order valence-electron chi connectivity index (χ1n) is 5.78. The summed E-state index contributed by atoms with van der Waals surface area (Å²) in [6.45, 7) is 3.13. The van der Waals surface area contributed by atoms with Gasteiger partial charge >= 0.3 is 0 Å². The molecule has 0 aliphatic heterocycles. The molecule has 2 heterocycles. The van der Waals surface area contributed by atoms with Crippen molar-refractivity contribution in [3.63, 3.8) is 0 Å². The van der Waals surface area contributed by atoms with Gasteiger partial charge in [-0.15, -0.1) is 22.7 Å². The fourth-order valence-corrected chi connectivity index (χ4v) is 3.66. The molecule has 0 bridgehead atoms. The summed E-state index contributed by atoms with van der Waals surface area (Å²) in [5.74, 6) is 0.133. The van der Waals surface area contributed by atoms with Crippen LogP contribution >= 0.6 is 38.6 Å². The molecule has 0 fully saturated rings. The Balaban J connectivity index is 2.02. The summed E-state index contributed by atoms with van der Waals surface area (Å²) in [5, 5.41) is 7.49. The van der Waals surface area contributed by atoms with Crippen LogP contribution < -0.4 is 11.1 Å². The summed E-state index contributed by atoms with van der Waals surface area (Å²) < 4.78 is 1.03. The van der Waals surface area contributed by atoms with Gasteiger partial charge in [-0.05, 0) is 34.5 Å². The molecule has 3 N–H and O–H groups in total. The molecular formula is C12H14BrN3OS2. The normalized spacial score (nSPS) is 12.4. The van der Waals surface area contributed by atoms with Gasteiger partial charge in [0.15, 0.2) is 0 Å². The predicted octanol–water partition coefficient (Wildman–Crippen LogP) is 2.96. The molecule has 0 radical (unpaired) electrons. The van der Waals surface area contributed by atoms with E-state index in [4.69, 9.17) is 5.73 Å². The molecule has 0 saturated carbocycles. The Morgan fingerprint density at radius 1 is 1.53 bits per heavy atom. The summed E-state index contributed by atoms with van der Waals surface area (Å²) in [7, 11) is 0. The lowest BCUT2D eigenvalue weighted by atomic mass is 10.2. The summed E-state index contributed by atoms with van der Waals surface area (Å²) in [5.41, 5.74) is 5.98. The SMILES string of the molecule is CC(CN)CNC(=O)c1csc(-c2cc(Br)cs2)n1. The number of halogens is 1. The van der Waals surface area contributed by atoms with Crippen LogP contribution in [0.3, 0.4) is 0 Å². The second-order valence-corrected chi connectivity index (χ2v) is 6.90. The van der Waals surface area contributed by atoms with Crippen LogP contribution in [0.25, 0.3) is 9.88 Å². The molecular weight excluding hydrogens is 346 g/mol. The Hall–Kier alpha value is -0.760. The van der Waals surface area contributed by atoms with Crippen molar-refractivity contribution in [3.8, 4) is 9.88 Å². The molecule has 2 aromatic heterocycles. The maximum atomic E-state index is 11.9. The highest BCUT2D eigenvalue weighted by atomic mass is 79.9. The van der Waals surface area contributed by atoms with Crippen LogP contribution in [0.5, 0.6) is 0 Å². The average molecular weight is 360 g/mol. The minimum absolute atomic E-state index is 0.140. The lowest BCUT2D eigenvalue weighted by molar-refractivity contribution is 0.0944. The van der Waals surface area contributed by atoms with Gasteiger partial charge in [-0.3, -0.25) is 4.79 Å². The van der Waals surface area contributed by atoms with Gasteiger partial charge in [0.1, 0.15) is 10.7 Å². The van der Waals surface area contributed by atoms with E-state index in [1.54, 1.807) is 16.7 Å². The molecule has 0 spiro atoms. The average Bonchev–Trinajstić information content (AvgIpc) is 3.03. The zero-order chi connectivity index (χ0) is 13.8. The first-order chi connectivity index (χ1) is 9.10. The molecule has 0 aliphatic carbocycles. The zero-order valence-electron chi connectivity index (χ0n) is 10.4. The van der Waals surface area contributed by atoms with E-state index in [1.807, 2.05) is 18.4 Å². The second-order valence-electron chi connectivity index (χ2n) is 4.22. The lowest BCUT2D eigenvalue weighted by Crippen LogP contribution is -2.31. The summed E-state index contributed by atoms with van der Waals surface area (Å²) >= 11 is 6.49. The van der Waals surface area contributed by atoms with Crippen molar-refractivity contribution in [2.75, 3.05) is 13.1 Å². The number of thiophene rings is 1. The molecule has 1 atom stereocenters. The van der Waals surface area contributed by atoms with E-state index in [1.165, 1.54) is 11.3 Å². The predicted molar refractivity (Wildman–Crippen MR) is 83.7 cm³/mol. The van der Waals surface area contributed by atoms with Crippen LogP contribution in [0.4, 0.5) is 0 Å². The molecule has 1 unspecified atom stereocenters. The molecule has 102 valence electrons. The van der Waals surface area contributed by atoms with Crippen LogP contribution in [0.1, 0.15) is 17.4 Å². The Morgan fingerprint density at radius 3 is 2.95 bits per heavy atom. The fraction of sp³-hybridized carbons (Fsp3) is 0.333. The Kier molecular flexibility index (Phi) is 5.09. The molecule has 7 heteroatoms. The van der Waals surface area contributed by atoms with Crippen LogP contribution in [0.2, 0.25) is 0 Å². The topological polar surface area (TPSA) is 68.0 Å². The number of aromatic nitrogens is 1. The van der Waals surface area contributed by atoms with Gasteiger partial charge in [-0.1, -0.05) is 6.92 Å². The van der Waals surface area contributed by atoms with Crippen molar-refractivity contribution in [2.24, 2.45) is 11.7 Å². The summed E-state index contributed by atoms with van der Waals surface area (Å²) in [4.78, 5) is 17.3. The Bertz CT molecular complexity index is 567. The van der Waals surface area contributed by atoms with Crippen molar-refractivity contribution in [1.82, 2.24) is 10.3 Å². The zero-order valence-corrected chi connectivity index (χ0v) is 13.6. The molecule has 0 aliphatic rings. The number of nitrogens with two attached hydrogens (primary N) is 1. The molecule has 4 nitrogen and oxygen atoms in total. The van der Waals surface area contributed by atoms with E-state index in [9.17, 15) is 4.79 Å². The van der Waals surface area contributed by atoms with Gasteiger partial charge in [0, 0.05) is 21.8 Å². The van der Waals surface area contributed by atoms with Crippen LogP contribution in [0.15, 0.2) is 21.3 Å². The number of carbonyl (C=O) groups is 1. The van der Waals surface area contributed by atoms with E-state index in [-0.39, 0.29) is 11.8 Å². The third kappa shape index (κ3) is 3.85. The molecule has 2 rings (SSSR count). The van der Waals surface area contributed by atoms with Gasteiger partial charge < -0.3 is 11.1 Å². The first-order valence-corrected chi connectivity index (χ1v) is 8.33. The fourth-order valence-electron chi connectivity index (χ4n) is 1.36. The van der Waals surface area contributed by atoms with E-state index >= 15 is 0 Å². The maximum Gasteiger partial charge on any atom is 0.270 e. The van der Waals surface area contributed by atoms with Gasteiger partial charge in [-0.25, -0.2) is 4.98 Å². The number of amides is 1. The molecule has 0 saturated heterocycles. The van der Waals surface area contributed by atoms with Crippen molar-refractivity contribution in [3.05, 3.63) is 27.0 Å².